The first kappa shape index (κ1) is 31.1. The van der Waals surface area contributed by atoms with E-state index in [1.165, 1.54) is 6.92 Å². The van der Waals surface area contributed by atoms with Gasteiger partial charge >= 0.3 is 12.1 Å². The van der Waals surface area contributed by atoms with E-state index in [-0.39, 0.29) is 36.5 Å². The Labute approximate surface area is 239 Å². The Hall–Kier alpha value is -3.39. The smallest absolute Gasteiger partial charge is 0.410 e. The van der Waals surface area contributed by atoms with E-state index < -0.39 is 23.8 Å². The minimum atomic E-state index is -0.668. The highest BCUT2D eigenvalue weighted by atomic mass is 16.6. The summed E-state index contributed by atoms with van der Waals surface area (Å²) in [5.41, 5.74) is 1.25. The zero-order valence-electron chi connectivity index (χ0n) is 24.9. The lowest BCUT2D eigenvalue weighted by Gasteiger charge is -2.39. The summed E-state index contributed by atoms with van der Waals surface area (Å²) in [7, 11) is 1.71. The molecular formula is C32H45N3O5. The van der Waals surface area contributed by atoms with Gasteiger partial charge in [0.15, 0.2) is 0 Å². The molecule has 1 aliphatic rings. The fraction of sp³-hybridized carbons (Fsp3) is 0.531. The molecule has 1 saturated heterocycles. The summed E-state index contributed by atoms with van der Waals surface area (Å²) < 4.78 is 11.6. The summed E-state index contributed by atoms with van der Waals surface area (Å²) in [5, 5.41) is 3.15. The summed E-state index contributed by atoms with van der Waals surface area (Å²) in [5.74, 6) is -0.223. The molecule has 8 heteroatoms. The van der Waals surface area contributed by atoms with Gasteiger partial charge in [-0.3, -0.25) is 14.5 Å². The Balaban J connectivity index is 2.00. The van der Waals surface area contributed by atoms with Crippen molar-refractivity contribution >= 4 is 18.0 Å². The number of amides is 2. The lowest BCUT2D eigenvalue weighted by atomic mass is 9.92. The highest BCUT2D eigenvalue weighted by Crippen LogP contribution is 2.35. The van der Waals surface area contributed by atoms with Crippen molar-refractivity contribution in [2.75, 3.05) is 7.05 Å². The number of esters is 1. The van der Waals surface area contributed by atoms with Gasteiger partial charge in [0.25, 0.3) is 0 Å². The monoisotopic (exact) mass is 551 g/mol. The molecule has 2 aromatic carbocycles. The van der Waals surface area contributed by atoms with Crippen LogP contribution in [0.3, 0.4) is 0 Å². The van der Waals surface area contributed by atoms with Crippen LogP contribution in [-0.2, 0) is 32.2 Å². The van der Waals surface area contributed by atoms with Gasteiger partial charge in [-0.15, -0.1) is 0 Å². The molecule has 4 atom stereocenters. The maximum absolute atomic E-state index is 13.6. The molecule has 0 radical (unpaired) electrons. The third kappa shape index (κ3) is 8.81. The van der Waals surface area contributed by atoms with Gasteiger partial charge in [0, 0.05) is 26.6 Å². The Kier molecular flexibility index (Phi) is 10.7. The van der Waals surface area contributed by atoms with Crippen molar-refractivity contribution in [2.24, 2.45) is 5.92 Å². The molecule has 0 unspecified atom stereocenters. The third-order valence-corrected chi connectivity index (χ3v) is 7.05. The van der Waals surface area contributed by atoms with Gasteiger partial charge in [0.05, 0.1) is 12.1 Å². The average molecular weight is 552 g/mol. The first-order valence-electron chi connectivity index (χ1n) is 14.1. The van der Waals surface area contributed by atoms with Crippen molar-refractivity contribution < 1.29 is 23.9 Å². The molecule has 0 bridgehead atoms. The maximum atomic E-state index is 13.6. The van der Waals surface area contributed by atoms with Crippen LogP contribution in [0.2, 0.25) is 0 Å². The number of nitrogens with zero attached hydrogens (tertiary/aromatic N) is 2. The van der Waals surface area contributed by atoms with E-state index in [4.69, 9.17) is 9.47 Å². The van der Waals surface area contributed by atoms with Crippen molar-refractivity contribution in [3.63, 3.8) is 0 Å². The highest BCUT2D eigenvalue weighted by molar-refractivity contribution is 5.78. The Bertz CT molecular complexity index is 1120. The molecule has 0 aliphatic carbocycles. The molecule has 2 aromatic rings. The second kappa shape index (κ2) is 13.8. The summed E-state index contributed by atoms with van der Waals surface area (Å²) in [6.45, 7) is 11.9. The lowest BCUT2D eigenvalue weighted by molar-refractivity contribution is -0.161. The summed E-state index contributed by atoms with van der Waals surface area (Å²) in [4.78, 5) is 43.1. The number of nitrogens with one attached hydrogen (secondary N) is 1. The molecule has 0 aromatic heterocycles. The zero-order valence-corrected chi connectivity index (χ0v) is 24.9. The molecule has 1 aliphatic heterocycles. The SMILES string of the molecule is CC(=O)N[C@@H](CC(C)C)[C@H]1[C@H](N(C)C(=O)OCc2ccccc2)C[C@H](C(=O)OC(C)(C)C)N1Cc1ccccc1. The normalized spacial score (nSPS) is 20.1. The average Bonchev–Trinajstić information content (AvgIpc) is 3.25. The molecule has 3 rings (SSSR count). The number of carbonyl (C=O) groups excluding carboxylic acids is 3. The zero-order chi connectivity index (χ0) is 29.4. The van der Waals surface area contributed by atoms with Crippen LogP contribution in [0.4, 0.5) is 4.79 Å². The number of hydrogen-bond donors (Lipinski definition) is 1. The van der Waals surface area contributed by atoms with E-state index in [1.54, 1.807) is 11.9 Å². The van der Waals surface area contributed by atoms with E-state index in [0.29, 0.717) is 19.4 Å². The predicted molar refractivity (Wildman–Crippen MR) is 155 cm³/mol. The number of ether oxygens (including phenoxy) is 2. The number of likely N-dealkylation sites (N-methyl/N-ethyl adjacent to an activating group) is 1. The molecule has 1 N–H and O–H groups in total. The Morgan fingerprint density at radius 2 is 1.57 bits per heavy atom. The quantitative estimate of drug-likeness (QED) is 0.411. The Morgan fingerprint density at radius 1 is 1.00 bits per heavy atom. The number of likely N-dealkylation sites (tertiary alicyclic amines) is 1. The number of rotatable bonds is 10. The van der Waals surface area contributed by atoms with Gasteiger partial charge < -0.3 is 19.7 Å². The molecular weight excluding hydrogens is 506 g/mol. The van der Waals surface area contributed by atoms with E-state index in [0.717, 1.165) is 11.1 Å². The largest absolute Gasteiger partial charge is 0.459 e. The van der Waals surface area contributed by atoms with Crippen LogP contribution in [0.5, 0.6) is 0 Å². The molecule has 1 fully saturated rings. The first-order chi connectivity index (χ1) is 18.9. The van der Waals surface area contributed by atoms with Crippen LogP contribution < -0.4 is 5.32 Å². The fourth-order valence-corrected chi connectivity index (χ4v) is 5.44. The molecule has 8 nitrogen and oxygen atoms in total. The van der Waals surface area contributed by atoms with E-state index >= 15 is 0 Å². The van der Waals surface area contributed by atoms with Crippen molar-refractivity contribution in [3.8, 4) is 0 Å². The van der Waals surface area contributed by atoms with Crippen molar-refractivity contribution in [1.29, 1.82) is 0 Å². The van der Waals surface area contributed by atoms with Crippen LogP contribution in [0.15, 0.2) is 60.7 Å². The van der Waals surface area contributed by atoms with Crippen LogP contribution >= 0.6 is 0 Å². The van der Waals surface area contributed by atoms with Gasteiger partial charge in [0.2, 0.25) is 5.91 Å². The van der Waals surface area contributed by atoms with Crippen molar-refractivity contribution in [3.05, 3.63) is 71.8 Å². The minimum Gasteiger partial charge on any atom is -0.459 e. The standard InChI is InChI=1S/C32H45N3O5/c1-22(2)18-26(33-23(3)36)29-27(34(7)31(38)39-21-25-16-12-9-13-17-25)19-28(30(37)40-32(4,5)6)35(29)20-24-14-10-8-11-15-24/h8-17,22,26-29H,18-21H2,1-7H3,(H,33,36)/t26-,27+,28+,29-/m0/s1. The van der Waals surface area contributed by atoms with Gasteiger partial charge in [0.1, 0.15) is 18.2 Å². The molecule has 0 saturated carbocycles. The number of hydrogen-bond acceptors (Lipinski definition) is 6. The number of benzene rings is 2. The summed E-state index contributed by atoms with van der Waals surface area (Å²) >= 11 is 0. The van der Waals surface area contributed by atoms with Gasteiger partial charge in [-0.2, -0.15) is 0 Å². The topological polar surface area (TPSA) is 88.2 Å². The Morgan fingerprint density at radius 3 is 2.10 bits per heavy atom. The minimum absolute atomic E-state index is 0.145. The van der Waals surface area contributed by atoms with E-state index in [9.17, 15) is 14.4 Å². The van der Waals surface area contributed by atoms with Crippen molar-refractivity contribution in [2.45, 2.75) is 97.3 Å². The summed E-state index contributed by atoms with van der Waals surface area (Å²) in [6, 6.07) is 17.8. The molecule has 2 amide bonds. The van der Waals surface area contributed by atoms with Gasteiger partial charge in [-0.25, -0.2) is 4.79 Å². The van der Waals surface area contributed by atoms with Gasteiger partial charge in [-0.1, -0.05) is 74.5 Å². The van der Waals surface area contributed by atoms with E-state index in [2.05, 4.69) is 24.1 Å². The third-order valence-electron chi connectivity index (χ3n) is 7.05. The second-order valence-electron chi connectivity index (χ2n) is 12.1. The van der Waals surface area contributed by atoms with Crippen LogP contribution in [0.25, 0.3) is 0 Å². The second-order valence-corrected chi connectivity index (χ2v) is 12.1. The van der Waals surface area contributed by atoms with Crippen molar-refractivity contribution in [1.82, 2.24) is 15.1 Å². The van der Waals surface area contributed by atoms with Crippen LogP contribution in [0.1, 0.15) is 65.5 Å². The van der Waals surface area contributed by atoms with E-state index in [1.807, 2.05) is 81.4 Å². The molecule has 0 spiro atoms. The van der Waals surface area contributed by atoms with Gasteiger partial charge in [-0.05, 0) is 50.7 Å². The molecule has 1 heterocycles. The maximum Gasteiger partial charge on any atom is 0.410 e. The lowest BCUT2D eigenvalue weighted by Crippen LogP contribution is -2.58. The molecule has 218 valence electrons. The molecule has 40 heavy (non-hydrogen) atoms. The fourth-order valence-electron chi connectivity index (χ4n) is 5.44. The highest BCUT2D eigenvalue weighted by Gasteiger charge is 2.51. The van der Waals surface area contributed by atoms with Crippen LogP contribution in [-0.4, -0.2) is 64.6 Å². The predicted octanol–water partition coefficient (Wildman–Crippen LogP) is 5.16. The van der Waals surface area contributed by atoms with Crippen LogP contribution in [0, 0.1) is 5.92 Å². The first-order valence-corrected chi connectivity index (χ1v) is 14.1. The summed E-state index contributed by atoms with van der Waals surface area (Å²) in [6.07, 6.45) is 0.562. The number of carbonyl (C=O) groups is 3.